The van der Waals surface area contributed by atoms with Gasteiger partial charge in [0.2, 0.25) is 0 Å². The van der Waals surface area contributed by atoms with Gasteiger partial charge in [-0.25, -0.2) is 0 Å². The van der Waals surface area contributed by atoms with Crippen molar-refractivity contribution in [3.05, 3.63) is 0 Å². The monoisotopic (exact) mass is 256 g/mol. The Bertz CT molecular complexity index is 156. The van der Waals surface area contributed by atoms with Crippen molar-refractivity contribution in [2.24, 2.45) is 5.73 Å². The van der Waals surface area contributed by atoms with Gasteiger partial charge in [0.25, 0.3) is 0 Å². The smallest absolute Gasteiger partial charge is 0.00696 e. The Balaban J connectivity index is 0.000000411. The van der Waals surface area contributed by atoms with Gasteiger partial charge in [-0.05, 0) is 38.5 Å². The van der Waals surface area contributed by atoms with Gasteiger partial charge in [0, 0.05) is 18.1 Å². The van der Waals surface area contributed by atoms with Crippen LogP contribution in [-0.2, 0) is 0 Å². The summed E-state index contributed by atoms with van der Waals surface area (Å²) in [6.45, 7) is 8.77. The zero-order valence-electron chi connectivity index (χ0n) is 13.2. The standard InChI is InChI=1S/C11H23N.C5H13N/c1-3-10(4-2)12-11-8-6-5-7-9-11;1-3-5(6)4-2/h10-12H,3-9H2,1-2H3;5H,3-4,6H2,1-2H3. The third-order valence-electron chi connectivity index (χ3n) is 4.11. The molecule has 0 bridgehead atoms. The van der Waals surface area contributed by atoms with Crippen LogP contribution in [0.15, 0.2) is 0 Å². The molecule has 0 unspecified atom stereocenters. The van der Waals surface area contributed by atoms with Crippen LogP contribution in [0.1, 0.15) is 85.5 Å². The topological polar surface area (TPSA) is 38.0 Å². The van der Waals surface area contributed by atoms with E-state index in [-0.39, 0.29) is 0 Å². The molecule has 1 aliphatic carbocycles. The molecule has 2 nitrogen and oxygen atoms in total. The molecular formula is C16H36N2. The van der Waals surface area contributed by atoms with Crippen molar-refractivity contribution in [3.8, 4) is 0 Å². The number of nitrogens with two attached hydrogens (primary N) is 1. The van der Waals surface area contributed by atoms with Crippen molar-refractivity contribution in [2.45, 2.75) is 104 Å². The van der Waals surface area contributed by atoms with Gasteiger partial charge < -0.3 is 11.1 Å². The molecule has 18 heavy (non-hydrogen) atoms. The van der Waals surface area contributed by atoms with E-state index in [1.165, 1.54) is 44.9 Å². The molecule has 1 fully saturated rings. The molecule has 0 heterocycles. The normalized spacial score (nSPS) is 16.8. The molecule has 1 rings (SSSR count). The highest BCUT2D eigenvalue weighted by molar-refractivity contribution is 4.75. The van der Waals surface area contributed by atoms with Gasteiger partial charge >= 0.3 is 0 Å². The van der Waals surface area contributed by atoms with E-state index in [9.17, 15) is 0 Å². The van der Waals surface area contributed by atoms with E-state index in [2.05, 4.69) is 33.0 Å². The predicted octanol–water partition coefficient (Wildman–Crippen LogP) is 4.23. The Kier molecular flexibility index (Phi) is 11.9. The van der Waals surface area contributed by atoms with E-state index in [0.717, 1.165) is 24.9 Å². The molecule has 0 amide bonds. The van der Waals surface area contributed by atoms with E-state index >= 15 is 0 Å². The first kappa shape index (κ1) is 17.9. The van der Waals surface area contributed by atoms with Gasteiger partial charge in [0.05, 0.1) is 0 Å². The Morgan fingerprint density at radius 2 is 1.39 bits per heavy atom. The van der Waals surface area contributed by atoms with Crippen LogP contribution in [0, 0.1) is 0 Å². The minimum atomic E-state index is 0.435. The summed E-state index contributed by atoms with van der Waals surface area (Å²) in [5, 5.41) is 3.76. The Labute approximate surface area is 115 Å². The summed E-state index contributed by atoms with van der Waals surface area (Å²) >= 11 is 0. The van der Waals surface area contributed by atoms with E-state index in [4.69, 9.17) is 5.73 Å². The second-order valence-corrected chi connectivity index (χ2v) is 5.59. The summed E-state index contributed by atoms with van der Waals surface area (Å²) < 4.78 is 0. The molecule has 0 atom stereocenters. The van der Waals surface area contributed by atoms with Crippen LogP contribution in [-0.4, -0.2) is 18.1 Å². The zero-order valence-corrected chi connectivity index (χ0v) is 13.2. The molecular weight excluding hydrogens is 220 g/mol. The Morgan fingerprint density at radius 3 is 1.72 bits per heavy atom. The summed E-state index contributed by atoms with van der Waals surface area (Å²) in [7, 11) is 0. The van der Waals surface area contributed by atoms with Gasteiger partial charge in [-0.3, -0.25) is 0 Å². The van der Waals surface area contributed by atoms with Crippen LogP contribution >= 0.6 is 0 Å². The third-order valence-corrected chi connectivity index (χ3v) is 4.11. The van der Waals surface area contributed by atoms with Crippen molar-refractivity contribution in [1.29, 1.82) is 0 Å². The minimum absolute atomic E-state index is 0.435. The summed E-state index contributed by atoms with van der Waals surface area (Å²) in [6, 6.07) is 2.04. The number of hydrogen-bond acceptors (Lipinski definition) is 2. The number of hydrogen-bond donors (Lipinski definition) is 2. The lowest BCUT2D eigenvalue weighted by Gasteiger charge is -2.27. The van der Waals surface area contributed by atoms with E-state index in [0.29, 0.717) is 6.04 Å². The SMILES string of the molecule is CCC(CC)NC1CCCCC1.CCC(N)CC. The molecule has 110 valence electrons. The lowest BCUT2D eigenvalue weighted by molar-refractivity contribution is 0.327. The largest absolute Gasteiger partial charge is 0.328 e. The molecule has 3 N–H and O–H groups in total. The first-order valence-corrected chi connectivity index (χ1v) is 8.19. The van der Waals surface area contributed by atoms with Crippen molar-refractivity contribution >= 4 is 0 Å². The molecule has 1 saturated carbocycles. The second kappa shape index (κ2) is 12.0. The van der Waals surface area contributed by atoms with Gasteiger partial charge in [0.1, 0.15) is 0 Å². The molecule has 0 spiro atoms. The fraction of sp³-hybridized carbons (Fsp3) is 1.00. The fourth-order valence-corrected chi connectivity index (χ4v) is 2.42. The number of nitrogens with one attached hydrogen (secondary N) is 1. The van der Waals surface area contributed by atoms with Crippen molar-refractivity contribution in [2.75, 3.05) is 0 Å². The van der Waals surface area contributed by atoms with Gasteiger partial charge in [-0.15, -0.1) is 0 Å². The van der Waals surface area contributed by atoms with Crippen LogP contribution < -0.4 is 11.1 Å². The average Bonchev–Trinajstić information content (AvgIpc) is 2.45. The molecule has 0 saturated heterocycles. The summed E-state index contributed by atoms with van der Waals surface area (Å²) in [4.78, 5) is 0. The van der Waals surface area contributed by atoms with E-state index < -0.39 is 0 Å². The first-order valence-electron chi connectivity index (χ1n) is 8.19. The van der Waals surface area contributed by atoms with E-state index in [1.807, 2.05) is 0 Å². The molecule has 0 aliphatic heterocycles. The zero-order chi connectivity index (χ0) is 13.8. The molecule has 1 aliphatic rings. The first-order chi connectivity index (χ1) is 8.67. The maximum atomic E-state index is 5.47. The molecule has 0 radical (unpaired) electrons. The van der Waals surface area contributed by atoms with Crippen LogP contribution in [0.3, 0.4) is 0 Å². The lowest BCUT2D eigenvalue weighted by Crippen LogP contribution is -2.38. The van der Waals surface area contributed by atoms with Crippen LogP contribution in [0.2, 0.25) is 0 Å². The third kappa shape index (κ3) is 8.93. The van der Waals surface area contributed by atoms with Crippen molar-refractivity contribution < 1.29 is 0 Å². The second-order valence-electron chi connectivity index (χ2n) is 5.59. The lowest BCUT2D eigenvalue weighted by atomic mass is 9.94. The molecule has 0 aromatic heterocycles. The fourth-order valence-electron chi connectivity index (χ4n) is 2.42. The van der Waals surface area contributed by atoms with Gasteiger partial charge in [-0.1, -0.05) is 47.0 Å². The highest BCUT2D eigenvalue weighted by Gasteiger charge is 2.15. The maximum Gasteiger partial charge on any atom is 0.00696 e. The number of rotatable bonds is 6. The van der Waals surface area contributed by atoms with Crippen LogP contribution in [0.4, 0.5) is 0 Å². The van der Waals surface area contributed by atoms with Crippen molar-refractivity contribution in [3.63, 3.8) is 0 Å². The molecule has 2 heteroatoms. The van der Waals surface area contributed by atoms with Gasteiger partial charge in [0.15, 0.2) is 0 Å². The molecule has 0 aromatic carbocycles. The minimum Gasteiger partial charge on any atom is -0.328 e. The summed E-state index contributed by atoms with van der Waals surface area (Å²) in [5.41, 5.74) is 5.47. The highest BCUT2D eigenvalue weighted by Crippen LogP contribution is 2.18. The van der Waals surface area contributed by atoms with Crippen molar-refractivity contribution in [1.82, 2.24) is 5.32 Å². The Morgan fingerprint density at radius 1 is 0.889 bits per heavy atom. The summed E-state index contributed by atoms with van der Waals surface area (Å²) in [5.74, 6) is 0. The van der Waals surface area contributed by atoms with Crippen LogP contribution in [0.25, 0.3) is 0 Å². The van der Waals surface area contributed by atoms with E-state index in [1.54, 1.807) is 0 Å². The maximum absolute atomic E-state index is 5.47. The average molecular weight is 256 g/mol. The predicted molar refractivity (Wildman–Crippen MR) is 82.9 cm³/mol. The highest BCUT2D eigenvalue weighted by atomic mass is 14.9. The molecule has 0 aromatic rings. The van der Waals surface area contributed by atoms with Gasteiger partial charge in [-0.2, -0.15) is 0 Å². The van der Waals surface area contributed by atoms with Crippen LogP contribution in [0.5, 0.6) is 0 Å². The quantitative estimate of drug-likeness (QED) is 0.746. The Hall–Kier alpha value is -0.0800. The summed E-state index contributed by atoms with van der Waals surface area (Å²) in [6.07, 6.45) is 12.0.